The van der Waals surface area contributed by atoms with E-state index in [9.17, 15) is 18.0 Å². The lowest BCUT2D eigenvalue weighted by Gasteiger charge is -2.30. The fourth-order valence-electron chi connectivity index (χ4n) is 2.74. The molecule has 1 N–H and O–H groups in total. The molecule has 0 bridgehead atoms. The predicted octanol–water partition coefficient (Wildman–Crippen LogP) is 3.52. The van der Waals surface area contributed by atoms with Gasteiger partial charge in [0, 0.05) is 30.0 Å². The minimum Gasteiger partial charge on any atom is -0.337 e. The van der Waals surface area contributed by atoms with Crippen molar-refractivity contribution in [2.24, 2.45) is 0 Å². The first-order valence-corrected chi connectivity index (χ1v) is 8.43. The van der Waals surface area contributed by atoms with Gasteiger partial charge in [-0.3, -0.25) is 9.89 Å². The van der Waals surface area contributed by atoms with Gasteiger partial charge in [0.05, 0.1) is 10.7 Å². The van der Waals surface area contributed by atoms with Crippen molar-refractivity contribution in [3.8, 4) is 0 Å². The van der Waals surface area contributed by atoms with Crippen molar-refractivity contribution in [1.82, 2.24) is 20.1 Å². The molecule has 1 fully saturated rings. The van der Waals surface area contributed by atoms with Crippen molar-refractivity contribution < 1.29 is 18.0 Å². The van der Waals surface area contributed by atoms with Crippen molar-refractivity contribution in [1.29, 1.82) is 0 Å². The molecule has 0 radical (unpaired) electrons. The molecule has 130 valence electrons. The van der Waals surface area contributed by atoms with Gasteiger partial charge in [0.2, 0.25) is 0 Å². The number of aromatic nitrogens is 3. The number of nitrogens with zero attached hydrogens (tertiary/aromatic N) is 3. The second kappa shape index (κ2) is 6.19. The number of piperidine rings is 1. The van der Waals surface area contributed by atoms with Crippen LogP contribution in [0.4, 0.5) is 13.2 Å². The van der Waals surface area contributed by atoms with Gasteiger partial charge in [-0.25, -0.2) is 4.98 Å². The summed E-state index contributed by atoms with van der Waals surface area (Å²) in [7, 11) is 0. The van der Waals surface area contributed by atoms with Crippen LogP contribution in [0, 0.1) is 13.8 Å². The first kappa shape index (κ1) is 16.9. The number of alkyl halides is 3. The van der Waals surface area contributed by atoms with Gasteiger partial charge in [-0.1, -0.05) is 0 Å². The number of amides is 1. The molecule has 1 amide bonds. The van der Waals surface area contributed by atoms with E-state index in [-0.39, 0.29) is 5.69 Å². The quantitative estimate of drug-likeness (QED) is 0.893. The number of hydrogen-bond acceptors (Lipinski definition) is 4. The summed E-state index contributed by atoms with van der Waals surface area (Å²) in [6, 6.07) is 0.766. The van der Waals surface area contributed by atoms with Crippen molar-refractivity contribution in [2.75, 3.05) is 13.1 Å². The minimum absolute atomic E-state index is 0.193. The Bertz CT molecular complexity index is 725. The molecule has 9 heteroatoms. The van der Waals surface area contributed by atoms with E-state index in [1.54, 1.807) is 16.2 Å². The summed E-state index contributed by atoms with van der Waals surface area (Å²) in [5.74, 6) is -0.164. The molecule has 0 saturated carbocycles. The van der Waals surface area contributed by atoms with Crippen LogP contribution in [0.15, 0.2) is 6.07 Å². The standard InChI is InChI=1S/C15H17F3N4OS/c1-8-9(2)24-13(19-8)10-3-5-22(6-4-10)14(23)11-7-12(21-20-11)15(16,17)18/h7,10H,3-6H2,1-2H3,(H,20,21). The molecule has 1 aliphatic rings. The molecular formula is C15H17F3N4OS. The number of hydrogen-bond donors (Lipinski definition) is 1. The van der Waals surface area contributed by atoms with Crippen molar-refractivity contribution in [3.63, 3.8) is 0 Å². The van der Waals surface area contributed by atoms with E-state index < -0.39 is 17.8 Å². The maximum absolute atomic E-state index is 12.6. The Kier molecular flexibility index (Phi) is 4.37. The predicted molar refractivity (Wildman–Crippen MR) is 83.1 cm³/mol. The Labute approximate surface area is 140 Å². The number of rotatable bonds is 2. The highest BCUT2D eigenvalue weighted by atomic mass is 32.1. The lowest BCUT2D eigenvalue weighted by Crippen LogP contribution is -2.38. The summed E-state index contributed by atoms with van der Waals surface area (Å²) in [6.07, 6.45) is -3.01. The summed E-state index contributed by atoms with van der Waals surface area (Å²) in [5, 5.41) is 6.46. The summed E-state index contributed by atoms with van der Waals surface area (Å²) in [6.45, 7) is 5.00. The van der Waals surface area contributed by atoms with Crippen molar-refractivity contribution in [2.45, 2.75) is 38.8 Å². The number of halogens is 3. The molecule has 0 spiro atoms. The molecular weight excluding hydrogens is 341 g/mol. The maximum atomic E-state index is 12.6. The maximum Gasteiger partial charge on any atom is 0.432 e. The SMILES string of the molecule is Cc1nc(C2CCN(C(=O)c3cc(C(F)(F)F)[nH]n3)CC2)sc1C. The van der Waals surface area contributed by atoms with E-state index in [2.05, 4.69) is 10.1 Å². The number of carbonyl (C=O) groups excluding carboxylic acids is 1. The average Bonchev–Trinajstić information content (AvgIpc) is 3.14. The van der Waals surface area contributed by atoms with E-state index >= 15 is 0 Å². The molecule has 24 heavy (non-hydrogen) atoms. The first-order valence-electron chi connectivity index (χ1n) is 7.61. The van der Waals surface area contributed by atoms with Crippen LogP contribution in [0.2, 0.25) is 0 Å². The zero-order valence-electron chi connectivity index (χ0n) is 13.3. The Morgan fingerprint density at radius 3 is 2.50 bits per heavy atom. The Balaban J connectivity index is 1.64. The van der Waals surface area contributed by atoms with Crippen LogP contribution in [0.5, 0.6) is 0 Å². The van der Waals surface area contributed by atoms with Gasteiger partial charge in [0.1, 0.15) is 5.69 Å². The number of thiazole rings is 1. The van der Waals surface area contributed by atoms with Gasteiger partial charge < -0.3 is 4.90 Å². The highest BCUT2D eigenvalue weighted by Gasteiger charge is 2.35. The van der Waals surface area contributed by atoms with Crippen molar-refractivity contribution in [3.05, 3.63) is 33.0 Å². The molecule has 2 aromatic rings. The van der Waals surface area contributed by atoms with E-state index in [4.69, 9.17) is 0 Å². The number of likely N-dealkylation sites (tertiary alicyclic amines) is 1. The van der Waals surface area contributed by atoms with Gasteiger partial charge in [0.25, 0.3) is 5.91 Å². The molecule has 3 heterocycles. The van der Waals surface area contributed by atoms with Gasteiger partial charge in [0.15, 0.2) is 5.69 Å². The summed E-state index contributed by atoms with van der Waals surface area (Å²) < 4.78 is 37.7. The molecule has 1 saturated heterocycles. The number of aromatic amines is 1. The second-order valence-corrected chi connectivity index (χ2v) is 7.16. The smallest absolute Gasteiger partial charge is 0.337 e. The third-order valence-corrected chi connectivity index (χ3v) is 5.51. The van der Waals surface area contributed by atoms with Crippen molar-refractivity contribution >= 4 is 17.2 Å². The van der Waals surface area contributed by atoms with Gasteiger partial charge in [-0.2, -0.15) is 18.3 Å². The molecule has 0 aliphatic carbocycles. The second-order valence-electron chi connectivity index (χ2n) is 5.92. The Morgan fingerprint density at radius 2 is 2.00 bits per heavy atom. The van der Waals surface area contributed by atoms with E-state index in [1.807, 2.05) is 18.9 Å². The van der Waals surface area contributed by atoms with Crippen LogP contribution in [0.25, 0.3) is 0 Å². The van der Waals surface area contributed by atoms with Crippen LogP contribution in [0.1, 0.15) is 50.5 Å². The monoisotopic (exact) mass is 358 g/mol. The van der Waals surface area contributed by atoms with Crippen LogP contribution in [0.3, 0.4) is 0 Å². The third kappa shape index (κ3) is 3.31. The fourth-order valence-corrected chi connectivity index (χ4v) is 3.83. The number of nitrogens with one attached hydrogen (secondary N) is 1. The summed E-state index contributed by atoms with van der Waals surface area (Å²) >= 11 is 1.68. The number of aryl methyl sites for hydroxylation is 2. The lowest BCUT2D eigenvalue weighted by molar-refractivity contribution is -0.141. The molecule has 3 rings (SSSR count). The largest absolute Gasteiger partial charge is 0.432 e. The molecule has 0 aromatic carbocycles. The van der Waals surface area contributed by atoms with Crippen LogP contribution in [-0.2, 0) is 6.18 Å². The Hall–Kier alpha value is -1.90. The van der Waals surface area contributed by atoms with Crippen LogP contribution >= 0.6 is 11.3 Å². The van der Waals surface area contributed by atoms with Gasteiger partial charge >= 0.3 is 6.18 Å². The fraction of sp³-hybridized carbons (Fsp3) is 0.533. The van der Waals surface area contributed by atoms with E-state index in [1.165, 1.54) is 4.88 Å². The molecule has 0 unspecified atom stereocenters. The summed E-state index contributed by atoms with van der Waals surface area (Å²) in [4.78, 5) is 19.6. The zero-order valence-corrected chi connectivity index (χ0v) is 14.1. The van der Waals surface area contributed by atoms with Crippen LogP contribution < -0.4 is 0 Å². The molecule has 0 atom stereocenters. The molecule has 2 aromatic heterocycles. The topological polar surface area (TPSA) is 61.9 Å². The zero-order chi connectivity index (χ0) is 17.5. The van der Waals surface area contributed by atoms with E-state index in [0.717, 1.165) is 29.6 Å². The highest BCUT2D eigenvalue weighted by Crippen LogP contribution is 2.33. The Morgan fingerprint density at radius 1 is 1.33 bits per heavy atom. The number of H-pyrrole nitrogens is 1. The summed E-state index contributed by atoms with van der Waals surface area (Å²) in [5.41, 5.74) is -0.166. The average molecular weight is 358 g/mol. The highest BCUT2D eigenvalue weighted by molar-refractivity contribution is 7.11. The number of carbonyl (C=O) groups is 1. The normalized spacial score (nSPS) is 16.6. The molecule has 1 aliphatic heterocycles. The molecule has 5 nitrogen and oxygen atoms in total. The first-order chi connectivity index (χ1) is 11.3. The van der Waals surface area contributed by atoms with E-state index in [0.29, 0.717) is 19.0 Å². The van der Waals surface area contributed by atoms with Crippen LogP contribution in [-0.4, -0.2) is 39.1 Å². The van der Waals surface area contributed by atoms with Gasteiger partial charge in [-0.15, -0.1) is 11.3 Å². The third-order valence-electron chi connectivity index (χ3n) is 4.28. The minimum atomic E-state index is -4.53. The lowest BCUT2D eigenvalue weighted by atomic mass is 9.97. The van der Waals surface area contributed by atoms with Gasteiger partial charge in [-0.05, 0) is 26.7 Å².